The van der Waals surface area contributed by atoms with Gasteiger partial charge < -0.3 is 9.84 Å². The van der Waals surface area contributed by atoms with Crippen LogP contribution in [0.1, 0.15) is 5.69 Å². The number of hydrogen-bond donors (Lipinski definition) is 1. The fraction of sp³-hybridized carbons (Fsp3) is 0.0833. The van der Waals surface area contributed by atoms with Crippen molar-refractivity contribution in [1.29, 1.82) is 0 Å². The highest BCUT2D eigenvalue weighted by molar-refractivity contribution is 6.30. The Bertz CT molecular complexity index is 488. The number of pyridine rings is 1. The molecule has 0 atom stereocenters. The number of aromatic nitrogens is 1. The zero-order valence-electron chi connectivity index (χ0n) is 8.43. The van der Waals surface area contributed by atoms with Gasteiger partial charge in [0, 0.05) is 17.3 Å². The van der Waals surface area contributed by atoms with Gasteiger partial charge in [0.1, 0.15) is 11.5 Å². The summed E-state index contributed by atoms with van der Waals surface area (Å²) in [5.74, 6) is 1.28. The first-order chi connectivity index (χ1) is 7.78. The monoisotopic (exact) mass is 235 g/mol. The predicted molar refractivity (Wildman–Crippen MR) is 61.7 cm³/mol. The van der Waals surface area contributed by atoms with Crippen molar-refractivity contribution < 1.29 is 9.84 Å². The first-order valence-corrected chi connectivity index (χ1v) is 5.15. The molecule has 0 saturated carbocycles. The third-order valence-electron chi connectivity index (χ3n) is 1.98. The van der Waals surface area contributed by atoms with E-state index in [-0.39, 0.29) is 6.61 Å². The second kappa shape index (κ2) is 4.96. The number of benzene rings is 1. The lowest BCUT2D eigenvalue weighted by Crippen LogP contribution is -1.90. The van der Waals surface area contributed by atoms with Gasteiger partial charge in [0.2, 0.25) is 0 Å². The average molecular weight is 236 g/mol. The molecule has 0 aliphatic rings. The summed E-state index contributed by atoms with van der Waals surface area (Å²) in [7, 11) is 0. The van der Waals surface area contributed by atoms with Gasteiger partial charge in [0.15, 0.2) is 0 Å². The quantitative estimate of drug-likeness (QED) is 0.889. The van der Waals surface area contributed by atoms with E-state index in [2.05, 4.69) is 4.98 Å². The minimum absolute atomic E-state index is 0.104. The van der Waals surface area contributed by atoms with Crippen LogP contribution < -0.4 is 4.74 Å². The Balaban J connectivity index is 2.20. The number of aliphatic hydroxyl groups is 1. The number of rotatable bonds is 3. The summed E-state index contributed by atoms with van der Waals surface area (Å²) in [5, 5.41) is 9.55. The van der Waals surface area contributed by atoms with Crippen molar-refractivity contribution in [2.24, 2.45) is 0 Å². The summed E-state index contributed by atoms with van der Waals surface area (Å²) < 4.78 is 5.57. The first-order valence-electron chi connectivity index (χ1n) is 4.77. The molecule has 1 N–H and O–H groups in total. The third-order valence-corrected chi connectivity index (χ3v) is 2.22. The molecule has 0 bridgehead atoms. The first kappa shape index (κ1) is 10.9. The summed E-state index contributed by atoms with van der Waals surface area (Å²) in [5.41, 5.74) is 0.569. The van der Waals surface area contributed by atoms with Gasteiger partial charge in [0.25, 0.3) is 0 Å². The molecular weight excluding hydrogens is 226 g/mol. The van der Waals surface area contributed by atoms with Gasteiger partial charge in [-0.05, 0) is 24.3 Å². The van der Waals surface area contributed by atoms with Crippen LogP contribution in [0.2, 0.25) is 5.02 Å². The van der Waals surface area contributed by atoms with Crippen LogP contribution in [0.15, 0.2) is 42.6 Å². The SMILES string of the molecule is OCc1cc(Oc2cccc(Cl)c2)ccn1. The maximum absolute atomic E-state index is 8.93. The number of aliphatic hydroxyl groups excluding tert-OH is 1. The van der Waals surface area contributed by atoms with E-state index in [1.54, 1.807) is 30.5 Å². The highest BCUT2D eigenvalue weighted by atomic mass is 35.5. The molecule has 0 aliphatic carbocycles. The normalized spacial score (nSPS) is 10.1. The van der Waals surface area contributed by atoms with E-state index in [1.165, 1.54) is 0 Å². The van der Waals surface area contributed by atoms with Gasteiger partial charge in [0.05, 0.1) is 12.3 Å². The van der Waals surface area contributed by atoms with Crippen molar-refractivity contribution >= 4 is 11.6 Å². The highest BCUT2D eigenvalue weighted by Gasteiger charge is 1.99. The molecule has 82 valence electrons. The number of hydrogen-bond acceptors (Lipinski definition) is 3. The lowest BCUT2D eigenvalue weighted by Gasteiger charge is -2.06. The summed E-state index contributed by atoms with van der Waals surface area (Å²) in [6, 6.07) is 10.5. The lowest BCUT2D eigenvalue weighted by atomic mass is 10.3. The van der Waals surface area contributed by atoms with Gasteiger partial charge in [-0.2, -0.15) is 0 Å². The Morgan fingerprint density at radius 3 is 2.75 bits per heavy atom. The fourth-order valence-corrected chi connectivity index (χ4v) is 1.45. The molecule has 2 aromatic rings. The van der Waals surface area contributed by atoms with Crippen LogP contribution in [0.25, 0.3) is 0 Å². The van der Waals surface area contributed by atoms with Crippen LogP contribution in [-0.4, -0.2) is 10.1 Å². The summed E-state index contributed by atoms with van der Waals surface area (Å²) in [6.07, 6.45) is 1.59. The van der Waals surface area contributed by atoms with E-state index in [0.29, 0.717) is 22.2 Å². The van der Waals surface area contributed by atoms with Gasteiger partial charge in [-0.25, -0.2) is 0 Å². The predicted octanol–water partition coefficient (Wildman–Crippen LogP) is 3.02. The minimum Gasteiger partial charge on any atom is -0.457 e. The van der Waals surface area contributed by atoms with E-state index in [9.17, 15) is 0 Å². The molecule has 0 amide bonds. The second-order valence-corrected chi connectivity index (χ2v) is 3.64. The number of halogens is 1. The van der Waals surface area contributed by atoms with E-state index >= 15 is 0 Å². The zero-order valence-corrected chi connectivity index (χ0v) is 9.19. The molecule has 2 rings (SSSR count). The molecule has 4 heteroatoms. The van der Waals surface area contributed by atoms with E-state index in [1.807, 2.05) is 12.1 Å². The van der Waals surface area contributed by atoms with Crippen molar-refractivity contribution in [3.05, 3.63) is 53.3 Å². The second-order valence-electron chi connectivity index (χ2n) is 3.20. The summed E-state index contributed by atoms with van der Waals surface area (Å²) in [6.45, 7) is -0.104. The highest BCUT2D eigenvalue weighted by Crippen LogP contribution is 2.23. The Morgan fingerprint density at radius 1 is 1.19 bits per heavy atom. The molecule has 0 fully saturated rings. The molecule has 16 heavy (non-hydrogen) atoms. The smallest absolute Gasteiger partial charge is 0.130 e. The molecule has 0 unspecified atom stereocenters. The van der Waals surface area contributed by atoms with Gasteiger partial charge in [-0.3, -0.25) is 4.98 Å². The molecule has 1 aromatic carbocycles. The van der Waals surface area contributed by atoms with Crippen LogP contribution in [0.3, 0.4) is 0 Å². The average Bonchev–Trinajstić information content (AvgIpc) is 2.29. The van der Waals surface area contributed by atoms with Crippen LogP contribution in [0.4, 0.5) is 0 Å². The molecule has 3 nitrogen and oxygen atoms in total. The van der Waals surface area contributed by atoms with Crippen LogP contribution in [0, 0.1) is 0 Å². The molecule has 0 saturated heterocycles. The largest absolute Gasteiger partial charge is 0.457 e. The molecule has 1 aromatic heterocycles. The van der Waals surface area contributed by atoms with Crippen LogP contribution >= 0.6 is 11.6 Å². The molecular formula is C12H10ClNO2. The van der Waals surface area contributed by atoms with Gasteiger partial charge in [-0.1, -0.05) is 17.7 Å². The van der Waals surface area contributed by atoms with Crippen molar-refractivity contribution in [2.45, 2.75) is 6.61 Å². The number of ether oxygens (including phenoxy) is 1. The standard InChI is InChI=1S/C12H10ClNO2/c13-9-2-1-3-11(6-9)16-12-4-5-14-10(7-12)8-15/h1-7,15H,8H2. The van der Waals surface area contributed by atoms with E-state index in [0.717, 1.165) is 0 Å². The zero-order chi connectivity index (χ0) is 11.4. The lowest BCUT2D eigenvalue weighted by molar-refractivity contribution is 0.276. The number of nitrogens with zero attached hydrogens (tertiary/aromatic N) is 1. The summed E-state index contributed by atoms with van der Waals surface area (Å²) >= 11 is 5.84. The Morgan fingerprint density at radius 2 is 2.00 bits per heavy atom. The Hall–Kier alpha value is -1.58. The van der Waals surface area contributed by atoms with E-state index < -0.39 is 0 Å². The molecule has 0 aliphatic heterocycles. The van der Waals surface area contributed by atoms with Crippen molar-refractivity contribution in [3.8, 4) is 11.5 Å². The summed E-state index contributed by atoms with van der Waals surface area (Å²) in [4.78, 5) is 3.96. The van der Waals surface area contributed by atoms with Gasteiger partial charge >= 0.3 is 0 Å². The minimum atomic E-state index is -0.104. The maximum atomic E-state index is 8.93. The fourth-order valence-electron chi connectivity index (χ4n) is 1.27. The van der Waals surface area contributed by atoms with Crippen LogP contribution in [0.5, 0.6) is 11.5 Å². The topological polar surface area (TPSA) is 42.4 Å². The molecule has 0 spiro atoms. The Labute approximate surface area is 98.3 Å². The Kier molecular flexibility index (Phi) is 3.39. The van der Waals surface area contributed by atoms with E-state index in [4.69, 9.17) is 21.4 Å². The van der Waals surface area contributed by atoms with Crippen molar-refractivity contribution in [3.63, 3.8) is 0 Å². The molecule has 1 heterocycles. The van der Waals surface area contributed by atoms with Crippen LogP contribution in [-0.2, 0) is 6.61 Å². The third kappa shape index (κ3) is 2.72. The maximum Gasteiger partial charge on any atom is 0.130 e. The van der Waals surface area contributed by atoms with Crippen molar-refractivity contribution in [1.82, 2.24) is 4.98 Å². The van der Waals surface area contributed by atoms with Crippen molar-refractivity contribution in [2.75, 3.05) is 0 Å². The van der Waals surface area contributed by atoms with Gasteiger partial charge in [-0.15, -0.1) is 0 Å². The molecule has 0 radical (unpaired) electrons.